The van der Waals surface area contributed by atoms with Crippen molar-refractivity contribution >= 4 is 46.3 Å². The van der Waals surface area contributed by atoms with E-state index in [0.29, 0.717) is 46.0 Å². The standard InChI is InChI=1S/C28H31Cl2N9O3/c1-41-20-14-21(42-2)25(30)27(24(20)29)37-28-26(31-5-6-32-28)19-13-23(35-17-34-19)36-22-4-3-18(15-33-22)16-39-9-7-38(8-10-39)11-12-40/h3-6,13-15,17,40H,7-12,16H2,1-2H3,(H,32,37)(H,33,34,35,36). The molecular weight excluding hydrogens is 581 g/mol. The molecule has 0 aliphatic carbocycles. The maximum atomic E-state index is 9.14. The first kappa shape index (κ1) is 29.7. The van der Waals surface area contributed by atoms with Crippen molar-refractivity contribution < 1.29 is 14.6 Å². The lowest BCUT2D eigenvalue weighted by Gasteiger charge is -2.34. The Hall–Kier alpha value is -3.81. The van der Waals surface area contributed by atoms with Crippen LogP contribution < -0.4 is 20.1 Å². The van der Waals surface area contributed by atoms with Gasteiger partial charge in [-0.05, 0) is 11.6 Å². The quantitative estimate of drug-likeness (QED) is 0.224. The van der Waals surface area contributed by atoms with Crippen molar-refractivity contribution in [3.8, 4) is 22.9 Å². The van der Waals surface area contributed by atoms with Gasteiger partial charge in [0.15, 0.2) is 5.82 Å². The Kier molecular flexibility index (Phi) is 9.82. The molecule has 42 heavy (non-hydrogen) atoms. The summed E-state index contributed by atoms with van der Waals surface area (Å²) >= 11 is 13.1. The van der Waals surface area contributed by atoms with Crippen LogP contribution in [0.2, 0.25) is 10.0 Å². The molecule has 0 bridgehead atoms. The highest BCUT2D eigenvalue weighted by atomic mass is 35.5. The first-order chi connectivity index (χ1) is 20.5. The summed E-state index contributed by atoms with van der Waals surface area (Å²) in [5.41, 5.74) is 2.46. The van der Waals surface area contributed by atoms with Gasteiger partial charge in [-0.25, -0.2) is 24.9 Å². The van der Waals surface area contributed by atoms with E-state index in [1.807, 2.05) is 12.3 Å². The molecular formula is C28H31Cl2N9O3. The Labute approximate surface area is 253 Å². The van der Waals surface area contributed by atoms with Crippen molar-refractivity contribution in [1.29, 1.82) is 0 Å². The molecule has 0 spiro atoms. The van der Waals surface area contributed by atoms with Gasteiger partial charge < -0.3 is 25.2 Å². The molecule has 0 radical (unpaired) electrons. The van der Waals surface area contributed by atoms with Crippen molar-refractivity contribution in [2.24, 2.45) is 0 Å². The van der Waals surface area contributed by atoms with Crippen molar-refractivity contribution in [3.63, 3.8) is 0 Å². The van der Waals surface area contributed by atoms with Crippen LogP contribution in [0.1, 0.15) is 5.56 Å². The molecule has 4 aromatic rings. The molecule has 3 aromatic heterocycles. The highest BCUT2D eigenvalue weighted by molar-refractivity contribution is 6.41. The highest BCUT2D eigenvalue weighted by Crippen LogP contribution is 2.45. The number of piperazine rings is 1. The van der Waals surface area contributed by atoms with Crippen molar-refractivity contribution in [2.45, 2.75) is 6.54 Å². The third-order valence-electron chi connectivity index (χ3n) is 6.79. The van der Waals surface area contributed by atoms with Crippen LogP contribution in [-0.2, 0) is 6.54 Å². The zero-order valence-corrected chi connectivity index (χ0v) is 24.7. The molecule has 3 N–H and O–H groups in total. The van der Waals surface area contributed by atoms with Crippen LogP contribution in [0.25, 0.3) is 11.4 Å². The largest absolute Gasteiger partial charge is 0.495 e. The fraction of sp³-hybridized carbons (Fsp3) is 0.321. The third-order valence-corrected chi connectivity index (χ3v) is 7.54. The van der Waals surface area contributed by atoms with Gasteiger partial charge in [-0.2, -0.15) is 0 Å². The smallest absolute Gasteiger partial charge is 0.158 e. The van der Waals surface area contributed by atoms with Crippen LogP contribution in [-0.4, -0.2) is 93.4 Å². The summed E-state index contributed by atoms with van der Waals surface area (Å²) < 4.78 is 10.7. The molecule has 1 fully saturated rings. The summed E-state index contributed by atoms with van der Waals surface area (Å²) in [4.78, 5) is 26.9. The number of aromatic nitrogens is 5. The number of ether oxygens (including phenoxy) is 2. The Morgan fingerprint density at radius 2 is 1.55 bits per heavy atom. The number of halogens is 2. The molecule has 1 aliphatic heterocycles. The molecule has 1 saturated heterocycles. The maximum Gasteiger partial charge on any atom is 0.158 e. The summed E-state index contributed by atoms with van der Waals surface area (Å²) in [6, 6.07) is 7.34. The Balaban J connectivity index is 1.30. The average Bonchev–Trinajstić information content (AvgIpc) is 3.02. The number of benzene rings is 1. The summed E-state index contributed by atoms with van der Waals surface area (Å²) in [7, 11) is 3.01. The Morgan fingerprint density at radius 1 is 0.833 bits per heavy atom. The van der Waals surface area contributed by atoms with Crippen LogP contribution in [0.5, 0.6) is 11.5 Å². The zero-order valence-electron chi connectivity index (χ0n) is 23.2. The van der Waals surface area contributed by atoms with Crippen LogP contribution in [0.15, 0.2) is 49.2 Å². The van der Waals surface area contributed by atoms with Gasteiger partial charge in [-0.3, -0.25) is 9.80 Å². The van der Waals surface area contributed by atoms with Gasteiger partial charge in [0.05, 0.1) is 32.2 Å². The number of pyridine rings is 1. The van der Waals surface area contributed by atoms with Crippen molar-refractivity contribution in [3.05, 3.63) is 64.8 Å². The summed E-state index contributed by atoms with van der Waals surface area (Å²) in [6.07, 6.45) is 6.42. The average molecular weight is 613 g/mol. The molecule has 0 amide bonds. The number of aliphatic hydroxyl groups is 1. The molecule has 0 saturated carbocycles. The lowest BCUT2D eigenvalue weighted by atomic mass is 10.2. The number of rotatable bonds is 11. The number of nitrogens with one attached hydrogen (secondary N) is 2. The monoisotopic (exact) mass is 611 g/mol. The number of hydrogen-bond donors (Lipinski definition) is 3. The number of anilines is 4. The lowest BCUT2D eigenvalue weighted by molar-refractivity contribution is 0.108. The maximum absolute atomic E-state index is 9.14. The molecule has 220 valence electrons. The summed E-state index contributed by atoms with van der Waals surface area (Å²) in [5.74, 6) is 2.34. The van der Waals surface area contributed by atoms with Gasteiger partial charge in [0.1, 0.15) is 45.2 Å². The van der Waals surface area contributed by atoms with Gasteiger partial charge in [0, 0.05) is 70.0 Å². The molecule has 14 heteroatoms. The SMILES string of the molecule is COc1cc(OC)c(Cl)c(Nc2nccnc2-c2cc(Nc3ccc(CN4CCN(CCO)CC4)cn3)ncn2)c1Cl. The van der Waals surface area contributed by atoms with Gasteiger partial charge >= 0.3 is 0 Å². The fourth-order valence-corrected chi connectivity index (χ4v) is 5.17. The first-order valence-corrected chi connectivity index (χ1v) is 14.0. The number of β-amino-alcohol motifs (C(OH)–C–C–N with tert-alkyl or cyclic N) is 1. The Bertz CT molecular complexity index is 1470. The van der Waals surface area contributed by atoms with Gasteiger partial charge in [-0.1, -0.05) is 29.3 Å². The number of nitrogens with zero attached hydrogens (tertiary/aromatic N) is 7. The predicted molar refractivity (Wildman–Crippen MR) is 162 cm³/mol. The summed E-state index contributed by atoms with van der Waals surface area (Å²) in [5, 5.41) is 16.1. The highest BCUT2D eigenvalue weighted by Gasteiger charge is 2.20. The minimum absolute atomic E-state index is 0.200. The molecule has 0 unspecified atom stereocenters. The van der Waals surface area contributed by atoms with Crippen LogP contribution >= 0.6 is 23.2 Å². The van der Waals surface area contributed by atoms with Crippen molar-refractivity contribution in [2.75, 3.05) is 64.2 Å². The van der Waals surface area contributed by atoms with Gasteiger partial charge in [0.2, 0.25) is 0 Å². The first-order valence-electron chi connectivity index (χ1n) is 13.3. The van der Waals surface area contributed by atoms with Crippen LogP contribution in [0.3, 0.4) is 0 Å². The molecule has 4 heterocycles. The van der Waals surface area contributed by atoms with E-state index in [1.54, 1.807) is 24.5 Å². The minimum Gasteiger partial charge on any atom is -0.495 e. The van der Waals surface area contributed by atoms with Crippen LogP contribution in [0, 0.1) is 0 Å². The number of hydrogen-bond acceptors (Lipinski definition) is 12. The fourth-order valence-electron chi connectivity index (χ4n) is 4.58. The second-order valence-electron chi connectivity index (χ2n) is 9.47. The number of methoxy groups -OCH3 is 2. The number of aliphatic hydroxyl groups excluding tert-OH is 1. The van der Waals surface area contributed by atoms with E-state index >= 15 is 0 Å². The molecule has 1 aromatic carbocycles. The van der Waals surface area contributed by atoms with E-state index in [-0.39, 0.29) is 16.7 Å². The third kappa shape index (κ3) is 6.97. The minimum atomic E-state index is 0.200. The van der Waals surface area contributed by atoms with E-state index in [9.17, 15) is 0 Å². The van der Waals surface area contributed by atoms with Crippen molar-refractivity contribution in [1.82, 2.24) is 34.7 Å². The van der Waals surface area contributed by atoms with Crippen LogP contribution in [0.4, 0.5) is 23.1 Å². The second kappa shape index (κ2) is 13.9. The molecule has 1 aliphatic rings. The lowest BCUT2D eigenvalue weighted by Crippen LogP contribution is -2.46. The predicted octanol–water partition coefficient (Wildman–Crippen LogP) is 4.25. The second-order valence-corrected chi connectivity index (χ2v) is 10.2. The van der Waals surface area contributed by atoms with E-state index in [1.165, 1.54) is 20.5 Å². The summed E-state index contributed by atoms with van der Waals surface area (Å²) in [6.45, 7) is 5.61. The normalized spacial score (nSPS) is 14.0. The van der Waals surface area contributed by atoms with E-state index < -0.39 is 0 Å². The molecule has 5 rings (SSSR count). The van der Waals surface area contributed by atoms with E-state index in [4.69, 9.17) is 37.8 Å². The topological polar surface area (TPSA) is 134 Å². The van der Waals surface area contributed by atoms with Gasteiger partial charge in [-0.15, -0.1) is 0 Å². The zero-order chi connectivity index (χ0) is 29.5. The Morgan fingerprint density at radius 3 is 2.21 bits per heavy atom. The van der Waals surface area contributed by atoms with E-state index in [0.717, 1.165) is 44.8 Å². The molecule has 0 atom stereocenters. The molecule has 12 nitrogen and oxygen atoms in total. The van der Waals surface area contributed by atoms with E-state index in [2.05, 4.69) is 51.4 Å². The van der Waals surface area contributed by atoms with Gasteiger partial charge in [0.25, 0.3) is 0 Å².